The number of aromatic nitrogens is 1. The average molecular weight is 232 g/mol. The van der Waals surface area contributed by atoms with Crippen molar-refractivity contribution in [3.63, 3.8) is 0 Å². The largest absolute Gasteiger partial charge is 0.494 e. The van der Waals surface area contributed by atoms with E-state index >= 15 is 0 Å². The van der Waals surface area contributed by atoms with Gasteiger partial charge in [-0.1, -0.05) is 13.0 Å². The summed E-state index contributed by atoms with van der Waals surface area (Å²) in [7, 11) is 1.65. The van der Waals surface area contributed by atoms with Gasteiger partial charge in [-0.3, -0.25) is 0 Å². The molecule has 1 saturated heterocycles. The zero-order valence-electron chi connectivity index (χ0n) is 10.1. The highest BCUT2D eigenvalue weighted by Crippen LogP contribution is 2.33. The summed E-state index contributed by atoms with van der Waals surface area (Å²) in [6.45, 7) is 3.25. The number of hydrogen-bond donors (Lipinski definition) is 1. The number of para-hydroxylation sites is 1. The number of ether oxygens (including phenoxy) is 1. The summed E-state index contributed by atoms with van der Waals surface area (Å²) in [5, 5.41) is 3.42. The number of rotatable bonds is 2. The molecule has 2 aromatic rings. The zero-order chi connectivity index (χ0) is 11.8. The third kappa shape index (κ3) is 1.69. The van der Waals surface area contributed by atoms with E-state index in [0.29, 0.717) is 5.92 Å². The zero-order valence-corrected chi connectivity index (χ0v) is 10.1. The van der Waals surface area contributed by atoms with Gasteiger partial charge >= 0.3 is 0 Å². The SMILES string of the molecule is COc1cccc2oc(C3NCCC3C)nc12. The number of fused-ring (bicyclic) bond motifs is 1. The van der Waals surface area contributed by atoms with E-state index in [-0.39, 0.29) is 6.04 Å². The van der Waals surface area contributed by atoms with E-state index in [1.165, 1.54) is 6.42 Å². The van der Waals surface area contributed by atoms with Gasteiger partial charge in [0.25, 0.3) is 0 Å². The first-order valence-corrected chi connectivity index (χ1v) is 5.96. The second-order valence-corrected chi connectivity index (χ2v) is 4.56. The predicted molar refractivity (Wildman–Crippen MR) is 65.1 cm³/mol. The van der Waals surface area contributed by atoms with Gasteiger partial charge in [-0.15, -0.1) is 0 Å². The molecular weight excluding hydrogens is 216 g/mol. The van der Waals surface area contributed by atoms with E-state index < -0.39 is 0 Å². The molecule has 2 heterocycles. The molecule has 0 radical (unpaired) electrons. The molecule has 90 valence electrons. The van der Waals surface area contributed by atoms with Gasteiger partial charge in [-0.2, -0.15) is 0 Å². The Balaban J connectivity index is 2.07. The molecule has 3 rings (SSSR count). The van der Waals surface area contributed by atoms with Crippen molar-refractivity contribution in [2.75, 3.05) is 13.7 Å². The molecule has 0 spiro atoms. The van der Waals surface area contributed by atoms with Gasteiger partial charge in [0, 0.05) is 0 Å². The Morgan fingerprint density at radius 3 is 3.06 bits per heavy atom. The highest BCUT2D eigenvalue weighted by Gasteiger charge is 2.29. The van der Waals surface area contributed by atoms with Crippen molar-refractivity contribution in [3.8, 4) is 5.75 Å². The smallest absolute Gasteiger partial charge is 0.213 e. The highest BCUT2D eigenvalue weighted by molar-refractivity contribution is 5.79. The first kappa shape index (κ1) is 10.6. The normalized spacial score (nSPS) is 24.4. The second-order valence-electron chi connectivity index (χ2n) is 4.56. The van der Waals surface area contributed by atoms with Crippen LogP contribution in [0.3, 0.4) is 0 Å². The summed E-state index contributed by atoms with van der Waals surface area (Å²) in [6, 6.07) is 5.97. The lowest BCUT2D eigenvalue weighted by atomic mass is 10.0. The van der Waals surface area contributed by atoms with Gasteiger partial charge in [0.15, 0.2) is 11.1 Å². The van der Waals surface area contributed by atoms with Crippen LogP contribution in [0.1, 0.15) is 25.3 Å². The van der Waals surface area contributed by atoms with Crippen LogP contribution in [0.5, 0.6) is 5.75 Å². The molecule has 4 nitrogen and oxygen atoms in total. The van der Waals surface area contributed by atoms with Gasteiger partial charge < -0.3 is 14.5 Å². The molecule has 1 aliphatic heterocycles. The molecule has 1 aromatic heterocycles. The molecule has 1 aromatic carbocycles. The summed E-state index contributed by atoms with van der Waals surface area (Å²) in [5.41, 5.74) is 1.60. The molecular formula is C13H16N2O2. The van der Waals surface area contributed by atoms with Crippen molar-refractivity contribution in [3.05, 3.63) is 24.1 Å². The first-order valence-electron chi connectivity index (χ1n) is 5.96. The van der Waals surface area contributed by atoms with Crippen LogP contribution < -0.4 is 10.1 Å². The summed E-state index contributed by atoms with van der Waals surface area (Å²) < 4.78 is 11.1. The molecule has 2 unspecified atom stereocenters. The van der Waals surface area contributed by atoms with Crippen LogP contribution >= 0.6 is 0 Å². The van der Waals surface area contributed by atoms with Crippen LogP contribution in [0.15, 0.2) is 22.6 Å². The minimum Gasteiger partial charge on any atom is -0.494 e. The summed E-state index contributed by atoms with van der Waals surface area (Å²) in [5.74, 6) is 2.10. The van der Waals surface area contributed by atoms with E-state index in [9.17, 15) is 0 Å². The van der Waals surface area contributed by atoms with Crippen LogP contribution in [0.25, 0.3) is 11.1 Å². The number of benzene rings is 1. The third-order valence-corrected chi connectivity index (χ3v) is 3.42. The Morgan fingerprint density at radius 1 is 1.47 bits per heavy atom. The van der Waals surface area contributed by atoms with E-state index in [1.807, 2.05) is 18.2 Å². The number of nitrogens with zero attached hydrogens (tertiary/aromatic N) is 1. The van der Waals surface area contributed by atoms with Crippen LogP contribution in [-0.2, 0) is 0 Å². The molecule has 0 aliphatic carbocycles. The van der Waals surface area contributed by atoms with Crippen molar-refractivity contribution < 1.29 is 9.15 Å². The lowest BCUT2D eigenvalue weighted by Gasteiger charge is -2.10. The highest BCUT2D eigenvalue weighted by atomic mass is 16.5. The quantitative estimate of drug-likeness (QED) is 0.864. The van der Waals surface area contributed by atoms with E-state index in [4.69, 9.17) is 9.15 Å². The summed E-state index contributed by atoms with van der Waals surface area (Å²) in [4.78, 5) is 4.56. The molecule has 2 atom stereocenters. The topological polar surface area (TPSA) is 47.3 Å². The van der Waals surface area contributed by atoms with Gasteiger partial charge in [0.05, 0.1) is 13.2 Å². The van der Waals surface area contributed by atoms with Crippen LogP contribution in [0, 0.1) is 5.92 Å². The van der Waals surface area contributed by atoms with E-state index in [0.717, 1.165) is 29.3 Å². The molecule has 1 fully saturated rings. The lowest BCUT2D eigenvalue weighted by Crippen LogP contribution is -2.16. The van der Waals surface area contributed by atoms with Crippen molar-refractivity contribution >= 4 is 11.1 Å². The maximum Gasteiger partial charge on any atom is 0.213 e. The standard InChI is InChI=1S/C13H16N2O2/c1-8-6-7-14-11(8)13-15-12-9(16-2)4-3-5-10(12)17-13/h3-5,8,11,14H,6-7H2,1-2H3. The Morgan fingerprint density at radius 2 is 2.35 bits per heavy atom. The molecule has 4 heteroatoms. The Kier molecular flexibility index (Phi) is 2.52. The van der Waals surface area contributed by atoms with Crippen molar-refractivity contribution in [2.24, 2.45) is 5.92 Å². The van der Waals surface area contributed by atoms with Crippen molar-refractivity contribution in [2.45, 2.75) is 19.4 Å². The molecule has 0 saturated carbocycles. The monoisotopic (exact) mass is 232 g/mol. The first-order chi connectivity index (χ1) is 8.29. The fourth-order valence-electron chi connectivity index (χ4n) is 2.40. The second kappa shape index (κ2) is 4.04. The van der Waals surface area contributed by atoms with Gasteiger partial charge in [-0.25, -0.2) is 4.98 Å². The van der Waals surface area contributed by atoms with Crippen LogP contribution in [-0.4, -0.2) is 18.6 Å². The van der Waals surface area contributed by atoms with Gasteiger partial charge in [-0.05, 0) is 31.0 Å². The maximum absolute atomic E-state index is 5.81. The minimum atomic E-state index is 0.229. The molecule has 0 bridgehead atoms. The number of nitrogens with one attached hydrogen (secondary N) is 1. The average Bonchev–Trinajstić information content (AvgIpc) is 2.93. The van der Waals surface area contributed by atoms with E-state index in [2.05, 4.69) is 17.2 Å². The maximum atomic E-state index is 5.81. The van der Waals surface area contributed by atoms with Crippen LogP contribution in [0.2, 0.25) is 0 Å². The summed E-state index contributed by atoms with van der Waals surface area (Å²) in [6.07, 6.45) is 1.17. The van der Waals surface area contributed by atoms with Gasteiger partial charge in [0.2, 0.25) is 5.89 Å². The molecule has 0 amide bonds. The Bertz CT molecular complexity index is 535. The summed E-state index contributed by atoms with van der Waals surface area (Å²) >= 11 is 0. The fourth-order valence-corrected chi connectivity index (χ4v) is 2.40. The Labute approximate surface area is 100.0 Å². The van der Waals surface area contributed by atoms with E-state index in [1.54, 1.807) is 7.11 Å². The number of oxazole rings is 1. The van der Waals surface area contributed by atoms with Crippen molar-refractivity contribution in [1.82, 2.24) is 10.3 Å². The molecule has 17 heavy (non-hydrogen) atoms. The number of methoxy groups -OCH3 is 1. The fraction of sp³-hybridized carbons (Fsp3) is 0.462. The van der Waals surface area contributed by atoms with Crippen LogP contribution in [0.4, 0.5) is 0 Å². The number of hydrogen-bond acceptors (Lipinski definition) is 4. The lowest BCUT2D eigenvalue weighted by molar-refractivity contribution is 0.394. The minimum absolute atomic E-state index is 0.229. The molecule has 1 N–H and O–H groups in total. The van der Waals surface area contributed by atoms with Gasteiger partial charge in [0.1, 0.15) is 5.75 Å². The Hall–Kier alpha value is -1.55. The molecule has 1 aliphatic rings. The van der Waals surface area contributed by atoms with Crippen molar-refractivity contribution in [1.29, 1.82) is 0 Å². The third-order valence-electron chi connectivity index (χ3n) is 3.42. The predicted octanol–water partition coefficient (Wildman–Crippen LogP) is 2.51.